The maximum Gasteiger partial charge on any atom is 0.293 e. The summed E-state index contributed by atoms with van der Waals surface area (Å²) < 4.78 is 10.4. The summed E-state index contributed by atoms with van der Waals surface area (Å²) in [7, 11) is 1.56. The number of thiazole rings is 1. The maximum absolute atomic E-state index is 12.3. The van der Waals surface area contributed by atoms with Crippen LogP contribution in [0.25, 0.3) is 11.3 Å². The van der Waals surface area contributed by atoms with Crippen molar-refractivity contribution in [2.24, 2.45) is 0 Å². The van der Waals surface area contributed by atoms with E-state index in [0.717, 1.165) is 16.8 Å². The van der Waals surface area contributed by atoms with Gasteiger partial charge in [0.2, 0.25) is 5.91 Å². The van der Waals surface area contributed by atoms with Crippen molar-refractivity contribution in [1.82, 2.24) is 10.3 Å². The first-order valence-corrected chi connectivity index (χ1v) is 9.56. The van der Waals surface area contributed by atoms with Crippen molar-refractivity contribution >= 4 is 28.3 Å². The molecule has 0 bridgehead atoms. The molecule has 0 radical (unpaired) electrons. The van der Waals surface area contributed by atoms with Gasteiger partial charge in [0, 0.05) is 25.0 Å². The summed E-state index contributed by atoms with van der Waals surface area (Å²) >= 11 is 1.34. The number of furan rings is 1. The second-order valence-electron chi connectivity index (χ2n) is 6.24. The molecular weight excluding hydrogens is 378 g/mol. The SMILES string of the molecule is COCc1ccc(C(=O)Nc2nc(-c3ccc(C(C)NC(C)=O)cc3)cs2)o1. The Morgan fingerprint density at radius 3 is 2.64 bits per heavy atom. The third-order valence-corrected chi connectivity index (χ3v) is 4.78. The van der Waals surface area contributed by atoms with Crippen LogP contribution in [-0.4, -0.2) is 23.9 Å². The van der Waals surface area contributed by atoms with Crippen molar-refractivity contribution in [3.8, 4) is 11.3 Å². The number of anilines is 1. The van der Waals surface area contributed by atoms with Gasteiger partial charge in [-0.15, -0.1) is 11.3 Å². The smallest absolute Gasteiger partial charge is 0.293 e. The maximum atomic E-state index is 12.3. The Balaban J connectivity index is 1.66. The highest BCUT2D eigenvalue weighted by Gasteiger charge is 2.14. The number of carbonyl (C=O) groups is 2. The van der Waals surface area contributed by atoms with Crippen LogP contribution in [0.1, 0.15) is 41.8 Å². The lowest BCUT2D eigenvalue weighted by Crippen LogP contribution is -2.23. The van der Waals surface area contributed by atoms with E-state index >= 15 is 0 Å². The molecule has 0 saturated heterocycles. The molecular formula is C20H21N3O4S. The number of methoxy groups -OCH3 is 1. The molecule has 0 fully saturated rings. The first-order valence-electron chi connectivity index (χ1n) is 8.68. The fourth-order valence-electron chi connectivity index (χ4n) is 2.67. The zero-order valence-electron chi connectivity index (χ0n) is 15.8. The van der Waals surface area contributed by atoms with Gasteiger partial charge >= 0.3 is 0 Å². The van der Waals surface area contributed by atoms with Gasteiger partial charge in [0.15, 0.2) is 10.9 Å². The van der Waals surface area contributed by atoms with Gasteiger partial charge in [0.1, 0.15) is 12.4 Å². The number of hydrogen-bond acceptors (Lipinski definition) is 6. The van der Waals surface area contributed by atoms with Crippen molar-refractivity contribution in [2.45, 2.75) is 26.5 Å². The van der Waals surface area contributed by atoms with E-state index in [2.05, 4.69) is 15.6 Å². The molecule has 1 atom stereocenters. The van der Waals surface area contributed by atoms with Gasteiger partial charge in [0.25, 0.3) is 5.91 Å². The molecule has 2 N–H and O–H groups in total. The zero-order chi connectivity index (χ0) is 20.1. The quantitative estimate of drug-likeness (QED) is 0.626. The Morgan fingerprint density at radius 1 is 1.21 bits per heavy atom. The largest absolute Gasteiger partial charge is 0.453 e. The van der Waals surface area contributed by atoms with Crippen LogP contribution in [0.5, 0.6) is 0 Å². The molecule has 0 saturated carbocycles. The van der Waals surface area contributed by atoms with Crippen molar-refractivity contribution in [3.63, 3.8) is 0 Å². The van der Waals surface area contributed by atoms with Crippen LogP contribution in [0.2, 0.25) is 0 Å². The molecule has 3 rings (SSSR count). The molecule has 146 valence electrons. The van der Waals surface area contributed by atoms with Crippen LogP contribution in [-0.2, 0) is 16.1 Å². The number of nitrogens with zero attached hydrogens (tertiary/aromatic N) is 1. The number of hydrogen-bond donors (Lipinski definition) is 2. The lowest BCUT2D eigenvalue weighted by atomic mass is 10.1. The van der Waals surface area contributed by atoms with Crippen LogP contribution >= 0.6 is 11.3 Å². The van der Waals surface area contributed by atoms with Crippen molar-refractivity contribution < 1.29 is 18.7 Å². The van der Waals surface area contributed by atoms with Crippen LogP contribution in [0, 0.1) is 0 Å². The summed E-state index contributed by atoms with van der Waals surface area (Å²) in [5.41, 5.74) is 2.70. The molecule has 3 aromatic rings. The van der Waals surface area contributed by atoms with Gasteiger partial charge in [-0.05, 0) is 24.6 Å². The molecule has 2 amide bonds. The van der Waals surface area contributed by atoms with E-state index in [1.165, 1.54) is 18.3 Å². The average Bonchev–Trinajstić information content (AvgIpc) is 3.31. The Bertz CT molecular complexity index is 962. The van der Waals surface area contributed by atoms with Crippen LogP contribution in [0.3, 0.4) is 0 Å². The average molecular weight is 399 g/mol. The monoisotopic (exact) mass is 399 g/mol. The molecule has 8 heteroatoms. The van der Waals surface area contributed by atoms with Crippen LogP contribution in [0.15, 0.2) is 46.2 Å². The lowest BCUT2D eigenvalue weighted by molar-refractivity contribution is -0.119. The van der Waals surface area contributed by atoms with Crippen molar-refractivity contribution in [3.05, 3.63) is 58.9 Å². The summed E-state index contributed by atoms with van der Waals surface area (Å²) in [6.07, 6.45) is 0. The molecule has 7 nitrogen and oxygen atoms in total. The second kappa shape index (κ2) is 8.81. The molecule has 0 aliphatic carbocycles. The summed E-state index contributed by atoms with van der Waals surface area (Å²) in [6.45, 7) is 3.74. The lowest BCUT2D eigenvalue weighted by Gasteiger charge is -2.12. The summed E-state index contributed by atoms with van der Waals surface area (Å²) in [5, 5.41) is 7.96. The molecule has 0 spiro atoms. The molecule has 1 unspecified atom stereocenters. The minimum Gasteiger partial charge on any atom is -0.453 e. The zero-order valence-corrected chi connectivity index (χ0v) is 16.6. The summed E-state index contributed by atoms with van der Waals surface area (Å²) in [4.78, 5) is 27.9. The standard InChI is InChI=1S/C20H21N3O4S/c1-12(21-13(2)24)14-4-6-15(7-5-14)17-11-28-20(22-17)23-19(25)18-9-8-16(27-18)10-26-3/h4-9,11-12H,10H2,1-3H3,(H,21,24)(H,22,23,25). The third-order valence-electron chi connectivity index (χ3n) is 4.02. The minimum absolute atomic E-state index is 0.0619. The van der Waals surface area contributed by atoms with E-state index in [-0.39, 0.29) is 23.6 Å². The van der Waals surface area contributed by atoms with Gasteiger partial charge in [-0.25, -0.2) is 4.98 Å². The number of carbonyl (C=O) groups excluding carboxylic acids is 2. The predicted molar refractivity (Wildman–Crippen MR) is 107 cm³/mol. The Labute approximate surface area is 166 Å². The van der Waals surface area contributed by atoms with E-state index in [0.29, 0.717) is 17.5 Å². The van der Waals surface area contributed by atoms with Crippen molar-refractivity contribution in [1.29, 1.82) is 0 Å². The van der Waals surface area contributed by atoms with E-state index in [1.807, 2.05) is 36.6 Å². The van der Waals surface area contributed by atoms with Gasteiger partial charge in [-0.3, -0.25) is 14.9 Å². The topological polar surface area (TPSA) is 93.5 Å². The first kappa shape index (κ1) is 19.8. The third kappa shape index (κ3) is 4.85. The van der Waals surface area contributed by atoms with E-state index in [4.69, 9.17) is 9.15 Å². The predicted octanol–water partition coefficient (Wildman–Crippen LogP) is 4.00. The highest BCUT2D eigenvalue weighted by molar-refractivity contribution is 7.14. The molecule has 2 aromatic heterocycles. The first-order chi connectivity index (χ1) is 13.5. The van der Waals surface area contributed by atoms with Crippen LogP contribution in [0.4, 0.5) is 5.13 Å². The van der Waals surface area contributed by atoms with Gasteiger partial charge in [-0.2, -0.15) is 0 Å². The molecule has 1 aromatic carbocycles. The Morgan fingerprint density at radius 2 is 1.96 bits per heavy atom. The molecule has 2 heterocycles. The van der Waals surface area contributed by atoms with E-state index in [9.17, 15) is 9.59 Å². The summed E-state index contributed by atoms with van der Waals surface area (Å²) in [5.74, 6) is 0.367. The van der Waals surface area contributed by atoms with E-state index in [1.54, 1.807) is 19.2 Å². The highest BCUT2D eigenvalue weighted by atomic mass is 32.1. The van der Waals surface area contributed by atoms with Crippen molar-refractivity contribution in [2.75, 3.05) is 12.4 Å². The molecule has 0 aliphatic heterocycles. The molecule has 28 heavy (non-hydrogen) atoms. The normalized spacial score (nSPS) is 11.8. The van der Waals surface area contributed by atoms with Crippen LogP contribution < -0.4 is 10.6 Å². The van der Waals surface area contributed by atoms with E-state index < -0.39 is 0 Å². The number of aromatic nitrogens is 1. The fourth-order valence-corrected chi connectivity index (χ4v) is 3.39. The minimum atomic E-state index is -0.359. The van der Waals surface area contributed by atoms with Gasteiger partial charge in [-0.1, -0.05) is 24.3 Å². The Kier molecular flexibility index (Phi) is 6.23. The number of ether oxygens (including phenoxy) is 1. The second-order valence-corrected chi connectivity index (χ2v) is 7.09. The number of amides is 2. The summed E-state index contributed by atoms with van der Waals surface area (Å²) in [6, 6.07) is 11.0. The van der Waals surface area contributed by atoms with Gasteiger partial charge < -0.3 is 14.5 Å². The number of benzene rings is 1. The molecule has 0 aliphatic rings. The van der Waals surface area contributed by atoms with Gasteiger partial charge in [0.05, 0.1) is 11.7 Å². The Hall–Kier alpha value is -2.97. The number of nitrogens with one attached hydrogen (secondary N) is 2. The fraction of sp³-hybridized carbons (Fsp3) is 0.250. The highest BCUT2D eigenvalue weighted by Crippen LogP contribution is 2.26. The number of rotatable bonds is 7.